The van der Waals surface area contributed by atoms with Crippen molar-refractivity contribution in [3.05, 3.63) is 30.7 Å². The molecule has 1 aromatic heterocycles. The fourth-order valence-corrected chi connectivity index (χ4v) is 4.00. The van der Waals surface area contributed by atoms with Crippen molar-refractivity contribution in [3.8, 4) is 11.5 Å². The van der Waals surface area contributed by atoms with Crippen molar-refractivity contribution in [3.63, 3.8) is 0 Å². The van der Waals surface area contributed by atoms with E-state index in [9.17, 15) is 13.2 Å². The predicted molar refractivity (Wildman–Crippen MR) is 79.4 cm³/mol. The van der Waals surface area contributed by atoms with Crippen molar-refractivity contribution < 1.29 is 17.6 Å². The topological polar surface area (TPSA) is 102 Å². The second-order valence-electron chi connectivity index (χ2n) is 6.08. The van der Waals surface area contributed by atoms with Crippen molar-refractivity contribution in [2.45, 2.75) is 24.2 Å². The average molecular weight is 333 g/mol. The summed E-state index contributed by atoms with van der Waals surface area (Å²) in [4.78, 5) is 12.1. The van der Waals surface area contributed by atoms with Gasteiger partial charge in [-0.2, -0.15) is 0 Å². The first-order valence-corrected chi connectivity index (χ1v) is 8.96. The maximum Gasteiger partial charge on any atom is 0.264 e. The molecule has 1 aromatic carbocycles. The van der Waals surface area contributed by atoms with Gasteiger partial charge < -0.3 is 4.42 Å². The zero-order valence-corrected chi connectivity index (χ0v) is 13.0. The summed E-state index contributed by atoms with van der Waals surface area (Å²) in [5, 5.41) is 7.31. The highest BCUT2D eigenvalue weighted by Gasteiger charge is 2.51. The van der Waals surface area contributed by atoms with E-state index in [2.05, 4.69) is 14.9 Å². The highest BCUT2D eigenvalue weighted by molar-refractivity contribution is 7.90. The van der Waals surface area contributed by atoms with Crippen LogP contribution in [0.5, 0.6) is 0 Å². The Morgan fingerprint density at radius 2 is 2.13 bits per heavy atom. The Balaban J connectivity index is 1.52. The molecule has 1 amide bonds. The summed E-state index contributed by atoms with van der Waals surface area (Å²) >= 11 is 0. The highest BCUT2D eigenvalue weighted by Crippen LogP contribution is 2.54. The molecule has 1 heterocycles. The third-order valence-corrected chi connectivity index (χ3v) is 5.73. The van der Waals surface area contributed by atoms with E-state index in [4.69, 9.17) is 4.42 Å². The van der Waals surface area contributed by atoms with Crippen LogP contribution in [0.4, 0.5) is 0 Å². The molecule has 0 spiro atoms. The van der Waals surface area contributed by atoms with Crippen molar-refractivity contribution >= 4 is 15.9 Å². The molecule has 0 bridgehead atoms. The van der Waals surface area contributed by atoms with Crippen LogP contribution in [0.15, 0.2) is 40.0 Å². The molecular weight excluding hydrogens is 318 g/mol. The van der Waals surface area contributed by atoms with Crippen molar-refractivity contribution in [1.82, 2.24) is 14.9 Å². The molecule has 120 valence electrons. The Hall–Kier alpha value is -2.22. The lowest BCUT2D eigenvalue weighted by Crippen LogP contribution is -2.32. The number of carbonyl (C=O) groups excluding carboxylic acids is 1. The van der Waals surface area contributed by atoms with Gasteiger partial charge in [0.1, 0.15) is 0 Å². The van der Waals surface area contributed by atoms with Gasteiger partial charge in [-0.25, -0.2) is 13.1 Å². The van der Waals surface area contributed by atoms with Crippen LogP contribution >= 0.6 is 0 Å². The first-order chi connectivity index (χ1) is 11.0. The summed E-state index contributed by atoms with van der Waals surface area (Å²) in [5.41, 5.74) is 0.486. The van der Waals surface area contributed by atoms with E-state index in [1.165, 1.54) is 18.5 Å². The Kier molecular flexibility index (Phi) is 3.22. The van der Waals surface area contributed by atoms with Gasteiger partial charge in [0.2, 0.25) is 18.2 Å². The minimum atomic E-state index is -3.90. The van der Waals surface area contributed by atoms with Crippen LogP contribution in [0, 0.1) is 17.8 Å². The molecule has 8 heteroatoms. The van der Waals surface area contributed by atoms with Crippen LogP contribution in [0.25, 0.3) is 11.5 Å². The standard InChI is InChI=1S/C15H15N3O4S/c19-14(13-7-12(13)9-4-5-9)18-23(20,21)11-3-1-2-10(6-11)15-17-16-8-22-15/h1-3,6,8-9,12-13H,4-5,7H2,(H,18,19)/t12-,13+/m0/s1. The first kappa shape index (κ1) is 14.4. The zero-order chi connectivity index (χ0) is 16.0. The number of nitrogens with one attached hydrogen (secondary N) is 1. The Bertz CT molecular complexity index is 843. The number of benzene rings is 1. The summed E-state index contributed by atoms with van der Waals surface area (Å²) in [6.07, 6.45) is 4.29. The van der Waals surface area contributed by atoms with E-state index >= 15 is 0 Å². The second kappa shape index (κ2) is 5.16. The van der Waals surface area contributed by atoms with Crippen LogP contribution in [0.1, 0.15) is 19.3 Å². The summed E-state index contributed by atoms with van der Waals surface area (Å²) in [5.74, 6) is 0.662. The molecule has 2 aromatic rings. The van der Waals surface area contributed by atoms with Crippen LogP contribution in [0.3, 0.4) is 0 Å². The molecule has 1 N–H and O–H groups in total. The maximum atomic E-state index is 12.4. The molecule has 2 aliphatic rings. The lowest BCUT2D eigenvalue weighted by molar-refractivity contribution is -0.120. The molecule has 2 saturated carbocycles. The van der Waals surface area contributed by atoms with Gasteiger partial charge in [0.05, 0.1) is 4.90 Å². The fourth-order valence-electron chi connectivity index (χ4n) is 2.92. The normalized spacial score (nSPS) is 23.5. The number of hydrogen-bond donors (Lipinski definition) is 1. The Morgan fingerprint density at radius 1 is 1.30 bits per heavy atom. The molecule has 2 aliphatic carbocycles. The molecule has 2 atom stereocenters. The maximum absolute atomic E-state index is 12.4. The largest absolute Gasteiger partial charge is 0.423 e. The van der Waals surface area contributed by atoms with Gasteiger partial charge >= 0.3 is 0 Å². The summed E-state index contributed by atoms with van der Waals surface area (Å²) in [6, 6.07) is 6.08. The number of rotatable bonds is 5. The van der Waals surface area contributed by atoms with Gasteiger partial charge in [0.25, 0.3) is 10.0 Å². The van der Waals surface area contributed by atoms with Gasteiger partial charge in [-0.3, -0.25) is 4.79 Å². The fraction of sp³-hybridized carbons (Fsp3) is 0.400. The van der Waals surface area contributed by atoms with Gasteiger partial charge in [-0.15, -0.1) is 10.2 Å². The van der Waals surface area contributed by atoms with E-state index in [0.29, 0.717) is 17.4 Å². The van der Waals surface area contributed by atoms with Crippen molar-refractivity contribution in [1.29, 1.82) is 0 Å². The number of sulfonamides is 1. The molecule has 0 radical (unpaired) electrons. The molecule has 0 unspecified atom stereocenters. The number of nitrogens with zero attached hydrogens (tertiary/aromatic N) is 2. The summed E-state index contributed by atoms with van der Waals surface area (Å²) < 4.78 is 32.0. The lowest BCUT2D eigenvalue weighted by atomic mass is 10.2. The molecule has 0 aliphatic heterocycles. The lowest BCUT2D eigenvalue weighted by Gasteiger charge is -2.07. The summed E-state index contributed by atoms with van der Waals surface area (Å²) in [6.45, 7) is 0. The van der Waals surface area contributed by atoms with Crippen LogP contribution in [-0.4, -0.2) is 24.5 Å². The van der Waals surface area contributed by atoms with Crippen LogP contribution < -0.4 is 4.72 Å². The molecule has 0 saturated heterocycles. The first-order valence-electron chi connectivity index (χ1n) is 7.48. The Labute approximate surface area is 133 Å². The second-order valence-corrected chi connectivity index (χ2v) is 7.77. The SMILES string of the molecule is O=C(NS(=O)(=O)c1cccc(-c2nnco2)c1)[C@@H]1C[C@H]1C1CC1. The highest BCUT2D eigenvalue weighted by atomic mass is 32.2. The average Bonchev–Trinajstić information content (AvgIpc) is 3.43. The van der Waals surface area contributed by atoms with Crippen LogP contribution in [-0.2, 0) is 14.8 Å². The number of hydrogen-bond acceptors (Lipinski definition) is 6. The van der Waals surface area contributed by atoms with E-state index in [-0.39, 0.29) is 16.7 Å². The van der Waals surface area contributed by atoms with Gasteiger partial charge in [-0.05, 0) is 49.3 Å². The quantitative estimate of drug-likeness (QED) is 0.891. The van der Waals surface area contributed by atoms with E-state index in [0.717, 1.165) is 19.3 Å². The molecule has 7 nitrogen and oxygen atoms in total. The predicted octanol–water partition coefficient (Wildman–Crippen LogP) is 1.59. The van der Waals surface area contributed by atoms with Gasteiger partial charge in [0.15, 0.2) is 0 Å². The van der Waals surface area contributed by atoms with Gasteiger partial charge in [0, 0.05) is 11.5 Å². The molecule has 4 rings (SSSR count). The Morgan fingerprint density at radius 3 is 2.83 bits per heavy atom. The minimum absolute atomic E-state index is 0.00479. The minimum Gasteiger partial charge on any atom is -0.423 e. The van der Waals surface area contributed by atoms with E-state index in [1.807, 2.05) is 0 Å². The number of aromatic nitrogens is 2. The molecule has 2 fully saturated rings. The molecular formula is C15H15N3O4S. The van der Waals surface area contributed by atoms with Crippen LogP contribution in [0.2, 0.25) is 0 Å². The zero-order valence-electron chi connectivity index (χ0n) is 12.2. The number of amides is 1. The van der Waals surface area contributed by atoms with E-state index in [1.54, 1.807) is 12.1 Å². The van der Waals surface area contributed by atoms with Gasteiger partial charge in [-0.1, -0.05) is 6.07 Å². The van der Waals surface area contributed by atoms with E-state index < -0.39 is 15.9 Å². The molecule has 23 heavy (non-hydrogen) atoms. The summed E-state index contributed by atoms with van der Waals surface area (Å²) in [7, 11) is -3.90. The van der Waals surface area contributed by atoms with Crippen molar-refractivity contribution in [2.75, 3.05) is 0 Å². The van der Waals surface area contributed by atoms with Crippen molar-refractivity contribution in [2.24, 2.45) is 17.8 Å². The third-order valence-electron chi connectivity index (χ3n) is 4.39. The monoisotopic (exact) mass is 333 g/mol. The third kappa shape index (κ3) is 2.86. The smallest absolute Gasteiger partial charge is 0.264 e. The number of carbonyl (C=O) groups is 1.